The van der Waals surface area contributed by atoms with Crippen LogP contribution in [-0.2, 0) is 5.54 Å². The van der Waals surface area contributed by atoms with Crippen LogP contribution in [0.1, 0.15) is 18.9 Å². The lowest BCUT2D eigenvalue weighted by molar-refractivity contribution is 0.416. The fourth-order valence-electron chi connectivity index (χ4n) is 1.65. The molecule has 18 heavy (non-hydrogen) atoms. The van der Waals surface area contributed by atoms with Crippen LogP contribution in [0.2, 0.25) is 0 Å². The van der Waals surface area contributed by atoms with E-state index in [-0.39, 0.29) is 5.54 Å². The summed E-state index contributed by atoms with van der Waals surface area (Å²) >= 11 is 1.67. The Bertz CT molecular complexity index is 534. The maximum Gasteiger partial charge on any atom is 0.128 e. The molecule has 0 atom stereocenters. The maximum atomic E-state index is 5.37. The molecule has 0 aliphatic rings. The van der Waals surface area contributed by atoms with Crippen LogP contribution in [0.15, 0.2) is 29.6 Å². The number of hydrogen-bond acceptors (Lipinski definition) is 4. The van der Waals surface area contributed by atoms with Crippen LogP contribution < -0.4 is 10.1 Å². The van der Waals surface area contributed by atoms with Gasteiger partial charge >= 0.3 is 0 Å². The van der Waals surface area contributed by atoms with Crippen LogP contribution in [0, 0.1) is 0 Å². The van der Waals surface area contributed by atoms with Crippen LogP contribution in [0.5, 0.6) is 5.75 Å². The van der Waals surface area contributed by atoms with Gasteiger partial charge in [0.2, 0.25) is 0 Å². The third-order valence-corrected chi connectivity index (χ3v) is 4.21. The maximum absolute atomic E-state index is 5.37. The zero-order chi connectivity index (χ0) is 13.2. The van der Waals surface area contributed by atoms with E-state index in [1.165, 1.54) is 0 Å². The van der Waals surface area contributed by atoms with Gasteiger partial charge < -0.3 is 10.1 Å². The summed E-state index contributed by atoms with van der Waals surface area (Å²) in [6, 6.07) is 7.95. The Labute approximate surface area is 112 Å². The third kappa shape index (κ3) is 2.40. The van der Waals surface area contributed by atoms with Crippen molar-refractivity contribution in [2.24, 2.45) is 0 Å². The summed E-state index contributed by atoms with van der Waals surface area (Å²) in [7, 11) is 3.63. The highest BCUT2D eigenvalue weighted by molar-refractivity contribution is 7.10. The summed E-state index contributed by atoms with van der Waals surface area (Å²) in [6.45, 7) is 4.25. The minimum Gasteiger partial charge on any atom is -0.496 e. The van der Waals surface area contributed by atoms with Crippen molar-refractivity contribution >= 4 is 11.3 Å². The molecule has 0 amide bonds. The van der Waals surface area contributed by atoms with E-state index in [4.69, 9.17) is 9.72 Å². The Morgan fingerprint density at radius 2 is 2.00 bits per heavy atom. The van der Waals surface area contributed by atoms with Gasteiger partial charge in [0, 0.05) is 10.9 Å². The predicted molar refractivity (Wildman–Crippen MR) is 76.2 cm³/mol. The molecule has 0 saturated carbocycles. The van der Waals surface area contributed by atoms with Gasteiger partial charge in [-0.1, -0.05) is 12.1 Å². The molecular weight excluding hydrogens is 244 g/mol. The van der Waals surface area contributed by atoms with Crippen molar-refractivity contribution in [2.75, 3.05) is 14.2 Å². The van der Waals surface area contributed by atoms with E-state index >= 15 is 0 Å². The zero-order valence-electron chi connectivity index (χ0n) is 11.2. The van der Waals surface area contributed by atoms with Gasteiger partial charge in [0.1, 0.15) is 10.8 Å². The number of methoxy groups -OCH3 is 1. The van der Waals surface area contributed by atoms with E-state index in [0.717, 1.165) is 22.0 Å². The molecule has 0 aliphatic carbocycles. The van der Waals surface area contributed by atoms with Gasteiger partial charge in [0.15, 0.2) is 0 Å². The van der Waals surface area contributed by atoms with E-state index in [1.54, 1.807) is 18.4 Å². The summed E-state index contributed by atoms with van der Waals surface area (Å²) < 4.78 is 5.37. The molecule has 0 fully saturated rings. The Morgan fingerprint density at radius 1 is 1.28 bits per heavy atom. The Hall–Kier alpha value is -1.39. The average molecular weight is 262 g/mol. The van der Waals surface area contributed by atoms with Crippen LogP contribution >= 0.6 is 11.3 Å². The molecule has 0 spiro atoms. The summed E-state index contributed by atoms with van der Waals surface area (Å²) in [6.07, 6.45) is 0. The largest absolute Gasteiger partial charge is 0.496 e. The first-order valence-electron chi connectivity index (χ1n) is 5.87. The molecule has 1 N–H and O–H groups in total. The Morgan fingerprint density at radius 3 is 2.67 bits per heavy atom. The molecule has 0 unspecified atom stereocenters. The van der Waals surface area contributed by atoms with Gasteiger partial charge in [-0.2, -0.15) is 0 Å². The first-order valence-corrected chi connectivity index (χ1v) is 6.75. The fraction of sp³-hybridized carbons (Fsp3) is 0.357. The quantitative estimate of drug-likeness (QED) is 0.918. The molecular formula is C14H18N2OS. The number of thiazole rings is 1. The summed E-state index contributed by atoms with van der Waals surface area (Å²) in [4.78, 5) is 4.71. The standard InChI is InChI=1S/C14H18N2OS/c1-14(2,15-3)13-16-11(9-18-13)10-7-5-6-8-12(10)17-4/h5-9,15H,1-4H3. The molecule has 3 nitrogen and oxygen atoms in total. The van der Waals surface area contributed by atoms with Crippen LogP contribution in [0.4, 0.5) is 0 Å². The van der Waals surface area contributed by atoms with Gasteiger partial charge in [-0.3, -0.25) is 0 Å². The SMILES string of the molecule is CNC(C)(C)c1nc(-c2ccccc2OC)cs1. The third-order valence-electron chi connectivity index (χ3n) is 3.05. The molecule has 4 heteroatoms. The number of aromatic nitrogens is 1. The minimum absolute atomic E-state index is 0.106. The monoisotopic (exact) mass is 262 g/mol. The molecule has 2 aromatic rings. The van der Waals surface area contributed by atoms with Crippen molar-refractivity contribution in [1.82, 2.24) is 10.3 Å². The van der Waals surface area contributed by atoms with Crippen LogP contribution in [-0.4, -0.2) is 19.1 Å². The summed E-state index contributed by atoms with van der Waals surface area (Å²) in [5.41, 5.74) is 1.90. The molecule has 0 aliphatic heterocycles. The van der Waals surface area contributed by atoms with Crippen LogP contribution in [0.3, 0.4) is 0 Å². The average Bonchev–Trinajstić information content (AvgIpc) is 2.89. The number of ether oxygens (including phenoxy) is 1. The van der Waals surface area contributed by atoms with E-state index in [0.29, 0.717) is 0 Å². The first kappa shape index (κ1) is 13.1. The Kier molecular flexibility index (Phi) is 3.68. The number of hydrogen-bond donors (Lipinski definition) is 1. The molecule has 1 aromatic heterocycles. The van der Waals surface area contributed by atoms with Gasteiger partial charge in [-0.25, -0.2) is 4.98 Å². The van der Waals surface area contributed by atoms with Crippen molar-refractivity contribution in [1.29, 1.82) is 0 Å². The molecule has 1 aromatic carbocycles. The number of rotatable bonds is 4. The highest BCUT2D eigenvalue weighted by Gasteiger charge is 2.22. The number of nitrogens with zero attached hydrogens (tertiary/aromatic N) is 1. The van der Waals surface area contributed by atoms with Crippen molar-refractivity contribution in [3.63, 3.8) is 0 Å². The second-order valence-electron chi connectivity index (χ2n) is 4.61. The molecule has 2 rings (SSSR count). The van der Waals surface area contributed by atoms with Crippen molar-refractivity contribution in [3.05, 3.63) is 34.7 Å². The minimum atomic E-state index is -0.106. The first-order chi connectivity index (χ1) is 8.58. The second-order valence-corrected chi connectivity index (χ2v) is 5.47. The fourth-order valence-corrected chi connectivity index (χ4v) is 2.60. The van der Waals surface area contributed by atoms with E-state index in [1.807, 2.05) is 31.3 Å². The van der Waals surface area contributed by atoms with Crippen molar-refractivity contribution in [2.45, 2.75) is 19.4 Å². The normalized spacial score (nSPS) is 11.6. The molecule has 0 saturated heterocycles. The number of nitrogens with one attached hydrogen (secondary N) is 1. The molecule has 0 bridgehead atoms. The smallest absolute Gasteiger partial charge is 0.128 e. The van der Waals surface area contributed by atoms with Gasteiger partial charge in [0.05, 0.1) is 18.3 Å². The van der Waals surface area contributed by atoms with E-state index in [2.05, 4.69) is 24.5 Å². The van der Waals surface area contributed by atoms with E-state index in [9.17, 15) is 0 Å². The molecule has 96 valence electrons. The van der Waals surface area contributed by atoms with Crippen LogP contribution in [0.25, 0.3) is 11.3 Å². The topological polar surface area (TPSA) is 34.2 Å². The molecule has 0 radical (unpaired) electrons. The summed E-state index contributed by atoms with van der Waals surface area (Å²) in [5.74, 6) is 0.858. The molecule has 1 heterocycles. The van der Waals surface area contributed by atoms with E-state index < -0.39 is 0 Å². The highest BCUT2D eigenvalue weighted by atomic mass is 32.1. The Balaban J connectivity index is 2.41. The lowest BCUT2D eigenvalue weighted by Gasteiger charge is -2.20. The highest BCUT2D eigenvalue weighted by Crippen LogP contribution is 2.33. The number of benzene rings is 1. The summed E-state index contributed by atoms with van der Waals surface area (Å²) in [5, 5.41) is 6.42. The lowest BCUT2D eigenvalue weighted by atomic mass is 10.1. The predicted octanol–water partition coefficient (Wildman–Crippen LogP) is 3.27. The van der Waals surface area contributed by atoms with Gasteiger partial charge in [-0.05, 0) is 33.0 Å². The van der Waals surface area contributed by atoms with Gasteiger partial charge in [-0.15, -0.1) is 11.3 Å². The van der Waals surface area contributed by atoms with Crippen molar-refractivity contribution in [3.8, 4) is 17.0 Å². The number of para-hydroxylation sites is 1. The van der Waals surface area contributed by atoms with Crippen molar-refractivity contribution < 1.29 is 4.74 Å². The lowest BCUT2D eigenvalue weighted by Crippen LogP contribution is -2.32. The van der Waals surface area contributed by atoms with Gasteiger partial charge in [0.25, 0.3) is 0 Å². The zero-order valence-corrected chi connectivity index (χ0v) is 12.0. The second kappa shape index (κ2) is 5.08.